The molecule has 162 valence electrons. The van der Waals surface area contributed by atoms with Crippen molar-refractivity contribution in [1.82, 2.24) is 14.7 Å². The molecular formula is C21H17N5O5S. The molecule has 2 aromatic carbocycles. The molecule has 0 radical (unpaired) electrons. The number of nitrogens with zero attached hydrogens (tertiary/aromatic N) is 2. The van der Waals surface area contributed by atoms with Crippen molar-refractivity contribution in [2.24, 2.45) is 5.18 Å². The van der Waals surface area contributed by atoms with E-state index < -0.39 is 15.9 Å². The van der Waals surface area contributed by atoms with Crippen molar-refractivity contribution < 1.29 is 17.9 Å². The first-order valence-electron chi connectivity index (χ1n) is 9.28. The van der Waals surface area contributed by atoms with Crippen LogP contribution in [0.4, 0.5) is 17.1 Å². The molecule has 2 heterocycles. The molecule has 4 rings (SSSR count). The Hall–Kier alpha value is -4.25. The highest BCUT2D eigenvalue weighted by molar-refractivity contribution is 7.90. The zero-order valence-corrected chi connectivity index (χ0v) is 17.5. The topological polar surface area (TPSA) is 143 Å². The first-order valence-corrected chi connectivity index (χ1v) is 10.8. The van der Waals surface area contributed by atoms with Gasteiger partial charge >= 0.3 is 0 Å². The Morgan fingerprint density at radius 1 is 1.12 bits per heavy atom. The van der Waals surface area contributed by atoms with Crippen LogP contribution in [0.5, 0.6) is 5.75 Å². The summed E-state index contributed by atoms with van der Waals surface area (Å²) in [4.78, 5) is 30.7. The first-order chi connectivity index (χ1) is 15.4. The van der Waals surface area contributed by atoms with Crippen molar-refractivity contribution in [3.05, 3.63) is 77.6 Å². The fraction of sp³-hybridized carbons (Fsp3) is 0.0476. The van der Waals surface area contributed by atoms with Gasteiger partial charge in [0.15, 0.2) is 0 Å². The maximum atomic E-state index is 12.7. The summed E-state index contributed by atoms with van der Waals surface area (Å²) in [5, 5.41) is 6.61. The number of aromatic amines is 1. The highest BCUT2D eigenvalue weighted by Crippen LogP contribution is 2.33. The normalized spacial score (nSPS) is 11.2. The minimum absolute atomic E-state index is 0.0533. The van der Waals surface area contributed by atoms with Gasteiger partial charge in [-0.3, -0.25) is 9.78 Å². The fourth-order valence-corrected chi connectivity index (χ4v) is 4.06. The van der Waals surface area contributed by atoms with Gasteiger partial charge in [-0.15, -0.1) is 4.91 Å². The third-order valence-corrected chi connectivity index (χ3v) is 6.00. The van der Waals surface area contributed by atoms with Crippen LogP contribution >= 0.6 is 0 Å². The number of amides is 1. The van der Waals surface area contributed by atoms with Gasteiger partial charge in [0.1, 0.15) is 17.1 Å². The number of hydrogen-bond donors (Lipinski definition) is 3. The number of nitrogens with one attached hydrogen (secondary N) is 3. The van der Waals surface area contributed by atoms with Crippen molar-refractivity contribution in [1.29, 1.82) is 0 Å². The maximum absolute atomic E-state index is 12.7. The second-order valence-electron chi connectivity index (χ2n) is 6.67. The summed E-state index contributed by atoms with van der Waals surface area (Å²) in [6, 6.07) is 13.7. The lowest BCUT2D eigenvalue weighted by atomic mass is 10.2. The molecule has 0 atom stereocenters. The fourth-order valence-electron chi connectivity index (χ4n) is 3.09. The van der Waals surface area contributed by atoms with Gasteiger partial charge in [0.2, 0.25) is 0 Å². The average Bonchev–Trinajstić information content (AvgIpc) is 3.26. The molecule has 3 N–H and O–H groups in total. The van der Waals surface area contributed by atoms with Gasteiger partial charge in [0.25, 0.3) is 15.9 Å². The maximum Gasteiger partial charge on any atom is 0.281 e. The molecule has 2 aromatic heterocycles. The third kappa shape index (κ3) is 4.14. The SMILES string of the molecule is COc1ccc(S(=O)(=O)NC(=O)c2cc3c(Nc4cccnc4)ccc(N=O)c3[nH]2)cc1. The Kier molecular flexibility index (Phi) is 5.56. The van der Waals surface area contributed by atoms with Crippen LogP contribution in [0.3, 0.4) is 0 Å². The minimum atomic E-state index is -4.13. The molecule has 0 aliphatic heterocycles. The lowest BCUT2D eigenvalue weighted by Gasteiger charge is -2.07. The smallest absolute Gasteiger partial charge is 0.281 e. The van der Waals surface area contributed by atoms with E-state index in [1.54, 1.807) is 30.6 Å². The Bertz CT molecular complexity index is 1400. The second kappa shape index (κ2) is 8.47. The van der Waals surface area contributed by atoms with E-state index in [0.29, 0.717) is 28.0 Å². The number of benzene rings is 2. The molecule has 32 heavy (non-hydrogen) atoms. The number of carbonyl (C=O) groups is 1. The molecule has 0 saturated heterocycles. The minimum Gasteiger partial charge on any atom is -0.497 e. The number of anilines is 2. The van der Waals surface area contributed by atoms with Gasteiger partial charge in [0.05, 0.1) is 29.4 Å². The van der Waals surface area contributed by atoms with Crippen molar-refractivity contribution in [2.45, 2.75) is 4.90 Å². The number of fused-ring (bicyclic) bond motifs is 1. The standard InChI is InChI=1S/C21H17N5O5S/c1-31-14-4-6-15(7-5-14)32(29,30)26-21(27)19-11-16-17(23-13-3-2-10-22-12-13)8-9-18(25-28)20(16)24-19/h2-12,23-24H,1H3,(H,26,27). The van der Waals surface area contributed by atoms with E-state index in [1.165, 1.54) is 43.5 Å². The van der Waals surface area contributed by atoms with Crippen LogP contribution in [-0.4, -0.2) is 31.4 Å². The van der Waals surface area contributed by atoms with Crippen LogP contribution in [0.15, 0.2) is 77.1 Å². The average molecular weight is 451 g/mol. The number of nitroso groups, excluding NO2 is 1. The lowest BCUT2D eigenvalue weighted by Crippen LogP contribution is -2.30. The number of pyridine rings is 1. The predicted molar refractivity (Wildman–Crippen MR) is 119 cm³/mol. The highest BCUT2D eigenvalue weighted by Gasteiger charge is 2.21. The van der Waals surface area contributed by atoms with Crippen molar-refractivity contribution >= 4 is 43.9 Å². The number of ether oxygens (including phenoxy) is 1. The Morgan fingerprint density at radius 3 is 2.56 bits per heavy atom. The van der Waals surface area contributed by atoms with Crippen LogP contribution in [0.1, 0.15) is 10.5 Å². The number of hydrogen-bond acceptors (Lipinski definition) is 8. The summed E-state index contributed by atoms with van der Waals surface area (Å²) in [5.74, 6) is -0.408. The number of carbonyl (C=O) groups excluding carboxylic acids is 1. The Balaban J connectivity index is 1.67. The zero-order valence-electron chi connectivity index (χ0n) is 16.7. The van der Waals surface area contributed by atoms with Gasteiger partial charge in [-0.25, -0.2) is 13.1 Å². The molecule has 1 amide bonds. The van der Waals surface area contributed by atoms with Gasteiger partial charge in [0, 0.05) is 17.3 Å². The number of rotatable bonds is 7. The van der Waals surface area contributed by atoms with E-state index in [4.69, 9.17) is 4.74 Å². The molecule has 11 heteroatoms. The van der Waals surface area contributed by atoms with Gasteiger partial charge in [-0.05, 0) is 59.8 Å². The Labute approximate surface area is 182 Å². The molecule has 4 aromatic rings. The highest BCUT2D eigenvalue weighted by atomic mass is 32.2. The van der Waals surface area contributed by atoms with Crippen LogP contribution in [0.2, 0.25) is 0 Å². The summed E-state index contributed by atoms with van der Waals surface area (Å²) in [6.45, 7) is 0. The number of H-pyrrole nitrogens is 1. The van der Waals surface area contributed by atoms with E-state index in [9.17, 15) is 18.1 Å². The second-order valence-corrected chi connectivity index (χ2v) is 8.35. The van der Waals surface area contributed by atoms with Gasteiger partial charge in [-0.2, -0.15) is 0 Å². The summed E-state index contributed by atoms with van der Waals surface area (Å²) in [5.41, 5.74) is 1.58. The summed E-state index contributed by atoms with van der Waals surface area (Å²) >= 11 is 0. The van der Waals surface area contributed by atoms with Gasteiger partial charge in [-0.1, -0.05) is 0 Å². The summed E-state index contributed by atoms with van der Waals surface area (Å²) < 4.78 is 32.2. The third-order valence-electron chi connectivity index (χ3n) is 4.65. The number of methoxy groups -OCH3 is 1. The summed E-state index contributed by atoms with van der Waals surface area (Å²) in [7, 11) is -2.67. The molecule has 0 aliphatic rings. The molecular weight excluding hydrogens is 434 g/mol. The van der Waals surface area contributed by atoms with E-state index in [1.807, 2.05) is 4.72 Å². The quantitative estimate of drug-likeness (QED) is 0.362. The lowest BCUT2D eigenvalue weighted by molar-refractivity contribution is 0.0977. The van der Waals surface area contributed by atoms with Crippen molar-refractivity contribution in [2.75, 3.05) is 12.4 Å². The van der Waals surface area contributed by atoms with Crippen molar-refractivity contribution in [3.8, 4) is 5.75 Å². The monoisotopic (exact) mass is 451 g/mol. The van der Waals surface area contributed by atoms with Crippen LogP contribution in [-0.2, 0) is 10.0 Å². The molecule has 0 bridgehead atoms. The zero-order chi connectivity index (χ0) is 22.7. The van der Waals surface area contributed by atoms with Crippen LogP contribution in [0, 0.1) is 4.91 Å². The molecule has 0 fully saturated rings. The number of aromatic nitrogens is 2. The predicted octanol–water partition coefficient (Wildman–Crippen LogP) is 3.83. The molecule has 0 saturated carbocycles. The van der Waals surface area contributed by atoms with E-state index in [2.05, 4.69) is 20.5 Å². The van der Waals surface area contributed by atoms with E-state index in [-0.39, 0.29) is 16.3 Å². The molecule has 0 unspecified atom stereocenters. The molecule has 0 spiro atoms. The first kappa shape index (κ1) is 21.0. The summed E-state index contributed by atoms with van der Waals surface area (Å²) in [6.07, 6.45) is 3.24. The largest absolute Gasteiger partial charge is 0.497 e. The van der Waals surface area contributed by atoms with Gasteiger partial charge < -0.3 is 15.0 Å². The number of sulfonamides is 1. The van der Waals surface area contributed by atoms with E-state index in [0.717, 1.165) is 0 Å². The van der Waals surface area contributed by atoms with Crippen LogP contribution in [0.25, 0.3) is 10.9 Å². The Morgan fingerprint density at radius 2 is 1.91 bits per heavy atom. The molecule has 0 aliphatic carbocycles. The van der Waals surface area contributed by atoms with Crippen LogP contribution < -0.4 is 14.8 Å². The van der Waals surface area contributed by atoms with Crippen molar-refractivity contribution in [3.63, 3.8) is 0 Å². The van der Waals surface area contributed by atoms with E-state index >= 15 is 0 Å². The molecule has 10 nitrogen and oxygen atoms in total.